The highest BCUT2D eigenvalue weighted by molar-refractivity contribution is 5.13. The molecule has 0 aliphatic carbocycles. The molecule has 0 aliphatic heterocycles. The van der Waals surface area contributed by atoms with Gasteiger partial charge in [-0.3, -0.25) is 0 Å². The molecule has 3 aromatic heterocycles. The zero-order valence-electron chi connectivity index (χ0n) is 28.7. The number of hydrogen-bond acceptors (Lipinski definition) is 0. The van der Waals surface area contributed by atoms with Crippen LogP contribution in [0.5, 0.6) is 0 Å². The Morgan fingerprint density at radius 3 is 1.42 bits per heavy atom. The third kappa shape index (κ3) is 14.7. The van der Waals surface area contributed by atoms with Crippen LogP contribution in [0.2, 0.25) is 0 Å². The first kappa shape index (κ1) is 34.9. The summed E-state index contributed by atoms with van der Waals surface area (Å²) in [5, 5.41) is 0. The fourth-order valence-corrected chi connectivity index (χ4v) is 6.49. The number of aromatic nitrogens is 3. The van der Waals surface area contributed by atoms with Crippen LogP contribution in [0, 0.1) is 27.7 Å². The maximum absolute atomic E-state index is 2.47. The predicted octanol–water partition coefficient (Wildman–Crippen LogP) is 9.05. The van der Waals surface area contributed by atoms with Crippen LogP contribution in [0.25, 0.3) is 0 Å². The van der Waals surface area contributed by atoms with Crippen molar-refractivity contribution in [2.24, 2.45) is 7.05 Å². The summed E-state index contributed by atoms with van der Waals surface area (Å²) in [6.07, 6.45) is 33.4. The molecule has 3 rings (SSSR count). The Bertz CT molecular complexity index is 1180. The van der Waals surface area contributed by atoms with E-state index >= 15 is 0 Å². The molecule has 0 aliphatic rings. The zero-order chi connectivity index (χ0) is 30.7. The van der Waals surface area contributed by atoms with Crippen LogP contribution in [0.3, 0.4) is 0 Å². The van der Waals surface area contributed by atoms with Gasteiger partial charge in [-0.15, -0.1) is 0 Å². The lowest BCUT2D eigenvalue weighted by Gasteiger charge is -2.06. The first-order chi connectivity index (χ1) is 20.9. The minimum absolute atomic E-state index is 1.16. The van der Waals surface area contributed by atoms with Crippen LogP contribution in [0.15, 0.2) is 55.1 Å². The zero-order valence-corrected chi connectivity index (χ0v) is 28.7. The number of unbranched alkanes of at least 4 members (excludes halogenated alkanes) is 14. The van der Waals surface area contributed by atoms with Crippen LogP contribution < -0.4 is 13.7 Å². The Labute approximate surface area is 265 Å². The van der Waals surface area contributed by atoms with E-state index in [-0.39, 0.29) is 0 Å². The molecule has 43 heavy (non-hydrogen) atoms. The maximum atomic E-state index is 2.47. The van der Waals surface area contributed by atoms with E-state index in [0.717, 1.165) is 6.54 Å². The largest absolute Gasteiger partial charge is 0.205 e. The summed E-state index contributed by atoms with van der Waals surface area (Å²) in [5.41, 5.74) is 8.53. The standard InChI is InChI=1S/C40H64N3/c1-35-30-36(2)34-42(33-35)26-20-16-12-8-9-13-17-21-27-43-29-25-40(32-38(43)4)23-19-15-11-7-6-10-14-18-22-39-24-28-41(5)37(3)31-39/h24-25,28-34H,6-23,26-27H2,1-5H3/q+3. The van der Waals surface area contributed by atoms with Gasteiger partial charge >= 0.3 is 0 Å². The topological polar surface area (TPSA) is 11.6 Å². The average Bonchev–Trinajstić information content (AvgIpc) is 2.97. The van der Waals surface area contributed by atoms with Gasteiger partial charge < -0.3 is 0 Å². The van der Waals surface area contributed by atoms with Crippen molar-refractivity contribution < 1.29 is 13.7 Å². The van der Waals surface area contributed by atoms with E-state index in [0.29, 0.717) is 0 Å². The van der Waals surface area contributed by atoms with Crippen LogP contribution in [-0.4, -0.2) is 0 Å². The van der Waals surface area contributed by atoms with Crippen molar-refractivity contribution in [3.8, 4) is 0 Å². The van der Waals surface area contributed by atoms with Gasteiger partial charge in [-0.25, -0.2) is 13.7 Å². The predicted molar refractivity (Wildman–Crippen MR) is 181 cm³/mol. The number of hydrogen-bond donors (Lipinski definition) is 0. The highest BCUT2D eigenvalue weighted by Crippen LogP contribution is 2.14. The van der Waals surface area contributed by atoms with Gasteiger partial charge in [0, 0.05) is 62.1 Å². The Hall–Kier alpha value is -2.55. The van der Waals surface area contributed by atoms with Gasteiger partial charge in [0.25, 0.3) is 0 Å². The van der Waals surface area contributed by atoms with Crippen molar-refractivity contribution in [1.82, 2.24) is 0 Å². The van der Waals surface area contributed by atoms with Crippen molar-refractivity contribution in [3.63, 3.8) is 0 Å². The van der Waals surface area contributed by atoms with Crippen LogP contribution in [0.1, 0.15) is 136 Å². The van der Waals surface area contributed by atoms with Crippen molar-refractivity contribution in [2.45, 2.75) is 156 Å². The lowest BCUT2D eigenvalue weighted by atomic mass is 10.0. The van der Waals surface area contributed by atoms with Gasteiger partial charge in [0.2, 0.25) is 0 Å². The van der Waals surface area contributed by atoms with Gasteiger partial charge in [-0.2, -0.15) is 0 Å². The molecule has 0 amide bonds. The van der Waals surface area contributed by atoms with Gasteiger partial charge in [0.05, 0.1) is 0 Å². The molecule has 0 bridgehead atoms. The van der Waals surface area contributed by atoms with Crippen LogP contribution >= 0.6 is 0 Å². The Kier molecular flexibility index (Phi) is 16.6. The van der Waals surface area contributed by atoms with Crippen LogP contribution in [-0.2, 0) is 33.0 Å². The van der Waals surface area contributed by atoms with E-state index in [1.54, 1.807) is 0 Å². The fourth-order valence-electron chi connectivity index (χ4n) is 6.49. The molecule has 0 aromatic carbocycles. The van der Waals surface area contributed by atoms with E-state index in [1.165, 1.54) is 156 Å². The number of nitrogens with zero attached hydrogens (tertiary/aromatic N) is 3. The molecule has 0 atom stereocenters. The lowest BCUT2D eigenvalue weighted by molar-refractivity contribution is -0.703. The number of aryl methyl sites for hydroxylation is 9. The Morgan fingerprint density at radius 2 is 0.907 bits per heavy atom. The van der Waals surface area contributed by atoms with Gasteiger partial charge in [-0.05, 0) is 69.6 Å². The summed E-state index contributed by atoms with van der Waals surface area (Å²) in [4.78, 5) is 0. The van der Waals surface area contributed by atoms with E-state index in [4.69, 9.17) is 0 Å². The van der Waals surface area contributed by atoms with E-state index in [1.807, 2.05) is 0 Å². The SMILES string of the molecule is Cc1cc(C)c[n+](CCCCCCCCCC[n+]2ccc(CCCCCCCCCCc3cc[n+](C)c(C)c3)cc2C)c1. The van der Waals surface area contributed by atoms with Crippen molar-refractivity contribution in [2.75, 3.05) is 0 Å². The second-order valence-electron chi connectivity index (χ2n) is 13.4. The lowest BCUT2D eigenvalue weighted by Crippen LogP contribution is -2.36. The second kappa shape index (κ2) is 20.4. The van der Waals surface area contributed by atoms with E-state index < -0.39 is 0 Å². The van der Waals surface area contributed by atoms with E-state index in [9.17, 15) is 0 Å². The molecule has 236 valence electrons. The summed E-state index contributed by atoms with van der Waals surface area (Å²) >= 11 is 0. The highest BCUT2D eigenvalue weighted by Gasteiger charge is 2.08. The summed E-state index contributed by atoms with van der Waals surface area (Å²) in [6.45, 7) is 11.2. The second-order valence-corrected chi connectivity index (χ2v) is 13.4. The minimum Gasteiger partial charge on any atom is -0.205 e. The van der Waals surface area contributed by atoms with E-state index in [2.05, 4.69) is 104 Å². The molecule has 3 heterocycles. The molecule has 0 unspecified atom stereocenters. The molecule has 0 spiro atoms. The van der Waals surface area contributed by atoms with Crippen molar-refractivity contribution >= 4 is 0 Å². The molecular formula is C40H64N3+3. The first-order valence-corrected chi connectivity index (χ1v) is 17.8. The summed E-state index contributed by atoms with van der Waals surface area (Å²) in [6, 6.07) is 11.7. The number of rotatable bonds is 22. The summed E-state index contributed by atoms with van der Waals surface area (Å²) < 4.78 is 7.03. The molecule has 3 nitrogen and oxygen atoms in total. The average molecular weight is 587 g/mol. The third-order valence-corrected chi connectivity index (χ3v) is 9.22. The molecule has 3 heteroatoms. The monoisotopic (exact) mass is 587 g/mol. The molecule has 0 N–H and O–H groups in total. The summed E-state index contributed by atoms with van der Waals surface area (Å²) in [5.74, 6) is 0. The molecule has 0 radical (unpaired) electrons. The van der Waals surface area contributed by atoms with Gasteiger partial charge in [-0.1, -0.05) is 64.2 Å². The van der Waals surface area contributed by atoms with Gasteiger partial charge in [0.1, 0.15) is 20.1 Å². The normalized spacial score (nSPS) is 11.4. The maximum Gasteiger partial charge on any atom is 0.178 e. The smallest absolute Gasteiger partial charge is 0.178 e. The Morgan fingerprint density at radius 1 is 0.465 bits per heavy atom. The molecule has 0 saturated carbocycles. The first-order valence-electron chi connectivity index (χ1n) is 17.8. The molecule has 3 aromatic rings. The fraction of sp³-hybridized carbons (Fsp3) is 0.625. The van der Waals surface area contributed by atoms with Crippen molar-refractivity contribution in [1.29, 1.82) is 0 Å². The molecular weight excluding hydrogens is 522 g/mol. The van der Waals surface area contributed by atoms with Gasteiger partial charge in [0.15, 0.2) is 36.2 Å². The molecule has 0 fully saturated rings. The minimum atomic E-state index is 1.16. The van der Waals surface area contributed by atoms with Crippen LogP contribution in [0.4, 0.5) is 0 Å². The molecule has 0 saturated heterocycles. The summed E-state index contributed by atoms with van der Waals surface area (Å²) in [7, 11) is 2.12. The highest BCUT2D eigenvalue weighted by atomic mass is 14.9. The number of pyridine rings is 3. The quantitative estimate of drug-likeness (QED) is 0.0822. The van der Waals surface area contributed by atoms with Crippen molar-refractivity contribution in [3.05, 3.63) is 88.8 Å². The Balaban J connectivity index is 1.12. The third-order valence-electron chi connectivity index (χ3n) is 9.22.